The fourth-order valence-corrected chi connectivity index (χ4v) is 1.46. The number of alkyl halides is 1. The van der Waals surface area contributed by atoms with Crippen molar-refractivity contribution in [1.82, 2.24) is 0 Å². The molecule has 0 aliphatic carbocycles. The summed E-state index contributed by atoms with van der Waals surface area (Å²) in [4.78, 5) is 0. The van der Waals surface area contributed by atoms with Crippen LogP contribution in [0.2, 0.25) is 0 Å². The lowest BCUT2D eigenvalue weighted by molar-refractivity contribution is 0.115. The third-order valence-corrected chi connectivity index (χ3v) is 2.40. The van der Waals surface area contributed by atoms with Crippen LogP contribution in [0.1, 0.15) is 24.8 Å². The average molecular weight is 231 g/mol. The highest BCUT2D eigenvalue weighted by atomic mass is 35.5. The van der Waals surface area contributed by atoms with Crippen LogP contribution in [-0.2, 0) is 11.3 Å². The van der Waals surface area contributed by atoms with E-state index in [2.05, 4.69) is 0 Å². The average Bonchev–Trinajstić information content (AvgIpc) is 2.25. The normalized spacial score (nSPS) is 10.5. The summed E-state index contributed by atoms with van der Waals surface area (Å²) in [5.41, 5.74) is 0.620. The van der Waals surface area contributed by atoms with E-state index in [9.17, 15) is 4.39 Å². The van der Waals surface area contributed by atoms with Gasteiger partial charge >= 0.3 is 0 Å². The first kappa shape index (κ1) is 12.5. The Balaban J connectivity index is 2.12. The minimum atomic E-state index is -0.196. The molecule has 0 saturated heterocycles. The van der Waals surface area contributed by atoms with Crippen LogP contribution >= 0.6 is 11.6 Å². The fourth-order valence-electron chi connectivity index (χ4n) is 1.27. The second kappa shape index (κ2) is 7.66. The minimum Gasteiger partial charge on any atom is -0.377 e. The van der Waals surface area contributed by atoms with Gasteiger partial charge in [-0.1, -0.05) is 18.2 Å². The van der Waals surface area contributed by atoms with Crippen molar-refractivity contribution in [3.05, 3.63) is 35.6 Å². The van der Waals surface area contributed by atoms with E-state index in [0.717, 1.165) is 19.3 Å². The van der Waals surface area contributed by atoms with Crippen LogP contribution in [-0.4, -0.2) is 12.5 Å². The molecule has 0 radical (unpaired) electrons. The van der Waals surface area contributed by atoms with Crippen molar-refractivity contribution in [3.63, 3.8) is 0 Å². The summed E-state index contributed by atoms with van der Waals surface area (Å²) in [6, 6.07) is 6.69. The molecule has 1 aromatic carbocycles. The van der Waals surface area contributed by atoms with E-state index in [1.807, 2.05) is 6.07 Å². The first-order chi connectivity index (χ1) is 7.34. The maximum Gasteiger partial charge on any atom is 0.128 e. The molecule has 0 amide bonds. The predicted molar refractivity (Wildman–Crippen MR) is 60.6 cm³/mol. The van der Waals surface area contributed by atoms with Crippen molar-refractivity contribution in [2.24, 2.45) is 0 Å². The highest BCUT2D eigenvalue weighted by Gasteiger charge is 1.99. The number of halogens is 2. The molecule has 0 aromatic heterocycles. The van der Waals surface area contributed by atoms with Crippen molar-refractivity contribution in [2.75, 3.05) is 12.5 Å². The zero-order chi connectivity index (χ0) is 10.9. The molecule has 0 unspecified atom stereocenters. The Hall–Kier alpha value is -0.600. The topological polar surface area (TPSA) is 9.23 Å². The van der Waals surface area contributed by atoms with Crippen LogP contribution in [0.3, 0.4) is 0 Å². The van der Waals surface area contributed by atoms with E-state index >= 15 is 0 Å². The highest BCUT2D eigenvalue weighted by Crippen LogP contribution is 2.08. The lowest BCUT2D eigenvalue weighted by Gasteiger charge is -2.04. The van der Waals surface area contributed by atoms with Gasteiger partial charge < -0.3 is 4.74 Å². The van der Waals surface area contributed by atoms with E-state index < -0.39 is 0 Å². The van der Waals surface area contributed by atoms with E-state index in [-0.39, 0.29) is 5.82 Å². The Morgan fingerprint density at radius 1 is 1.13 bits per heavy atom. The first-order valence-electron chi connectivity index (χ1n) is 5.21. The van der Waals surface area contributed by atoms with Gasteiger partial charge in [0.25, 0.3) is 0 Å². The molecule has 1 rings (SSSR count). The van der Waals surface area contributed by atoms with E-state index in [4.69, 9.17) is 16.3 Å². The zero-order valence-electron chi connectivity index (χ0n) is 8.72. The number of ether oxygens (including phenoxy) is 1. The number of rotatable bonds is 7. The molecule has 0 saturated carbocycles. The Kier molecular flexibility index (Phi) is 6.37. The van der Waals surface area contributed by atoms with E-state index in [1.165, 1.54) is 6.07 Å². The molecule has 0 heterocycles. The standard InChI is InChI=1S/C12H16ClFO/c13-8-4-1-5-9-15-10-11-6-2-3-7-12(11)14/h2-3,6-7H,1,4-5,8-10H2. The number of unbranched alkanes of at least 4 members (excludes halogenated alkanes) is 2. The maximum atomic E-state index is 13.1. The SMILES string of the molecule is Fc1ccccc1COCCCCCCl. The molecule has 1 nitrogen and oxygen atoms in total. The lowest BCUT2D eigenvalue weighted by atomic mass is 10.2. The van der Waals surface area contributed by atoms with Gasteiger partial charge in [-0.2, -0.15) is 0 Å². The molecule has 3 heteroatoms. The number of benzene rings is 1. The summed E-state index contributed by atoms with van der Waals surface area (Å²) in [5.74, 6) is 0.506. The van der Waals surface area contributed by atoms with Gasteiger partial charge in [0.1, 0.15) is 5.82 Å². The first-order valence-corrected chi connectivity index (χ1v) is 5.75. The van der Waals surface area contributed by atoms with Crippen molar-refractivity contribution >= 4 is 11.6 Å². The van der Waals surface area contributed by atoms with Crippen LogP contribution < -0.4 is 0 Å². The van der Waals surface area contributed by atoms with Gasteiger partial charge in [-0.05, 0) is 25.3 Å². The Bertz CT molecular complexity index is 278. The molecule has 0 N–H and O–H groups in total. The smallest absolute Gasteiger partial charge is 0.128 e. The molecule has 0 atom stereocenters. The third kappa shape index (κ3) is 5.14. The Morgan fingerprint density at radius 2 is 1.93 bits per heavy atom. The molecule has 0 spiro atoms. The maximum absolute atomic E-state index is 13.1. The van der Waals surface area contributed by atoms with E-state index in [1.54, 1.807) is 12.1 Å². The number of hydrogen-bond donors (Lipinski definition) is 0. The summed E-state index contributed by atoms with van der Waals surface area (Å²) in [6.07, 6.45) is 3.08. The van der Waals surface area contributed by atoms with Gasteiger partial charge in [-0.15, -0.1) is 11.6 Å². The van der Waals surface area contributed by atoms with Crippen molar-refractivity contribution in [2.45, 2.75) is 25.9 Å². The summed E-state index contributed by atoms with van der Waals surface area (Å²) < 4.78 is 18.5. The quantitative estimate of drug-likeness (QED) is 0.512. The summed E-state index contributed by atoms with van der Waals surface area (Å²) >= 11 is 5.54. The van der Waals surface area contributed by atoms with Crippen molar-refractivity contribution in [1.29, 1.82) is 0 Å². The number of hydrogen-bond acceptors (Lipinski definition) is 1. The van der Waals surface area contributed by atoms with Crippen LogP contribution in [0.15, 0.2) is 24.3 Å². The van der Waals surface area contributed by atoms with Gasteiger partial charge in [-0.25, -0.2) is 4.39 Å². The molecule has 0 aliphatic heterocycles. The molecule has 15 heavy (non-hydrogen) atoms. The van der Waals surface area contributed by atoms with Crippen LogP contribution in [0.25, 0.3) is 0 Å². The molecule has 84 valence electrons. The van der Waals surface area contributed by atoms with Gasteiger partial charge in [0.2, 0.25) is 0 Å². The third-order valence-electron chi connectivity index (χ3n) is 2.14. The summed E-state index contributed by atoms with van der Waals surface area (Å²) in [6.45, 7) is 1.03. The Morgan fingerprint density at radius 3 is 2.67 bits per heavy atom. The van der Waals surface area contributed by atoms with Gasteiger partial charge in [0.15, 0.2) is 0 Å². The van der Waals surface area contributed by atoms with Gasteiger partial charge in [-0.3, -0.25) is 0 Å². The van der Waals surface area contributed by atoms with E-state index in [0.29, 0.717) is 24.7 Å². The molecule has 0 fully saturated rings. The summed E-state index contributed by atoms with van der Waals surface area (Å²) in [5, 5.41) is 0. The van der Waals surface area contributed by atoms with Crippen LogP contribution in [0.5, 0.6) is 0 Å². The van der Waals surface area contributed by atoms with Crippen molar-refractivity contribution < 1.29 is 9.13 Å². The second-order valence-corrected chi connectivity index (χ2v) is 3.77. The lowest BCUT2D eigenvalue weighted by Crippen LogP contribution is -1.97. The molecule has 0 aliphatic rings. The molecule has 1 aromatic rings. The van der Waals surface area contributed by atoms with Crippen LogP contribution in [0.4, 0.5) is 4.39 Å². The molecule has 0 bridgehead atoms. The van der Waals surface area contributed by atoms with Crippen LogP contribution in [0, 0.1) is 5.82 Å². The molecular formula is C12H16ClFO. The Labute approximate surface area is 95.2 Å². The molecular weight excluding hydrogens is 215 g/mol. The van der Waals surface area contributed by atoms with Crippen molar-refractivity contribution in [3.8, 4) is 0 Å². The van der Waals surface area contributed by atoms with Gasteiger partial charge in [0.05, 0.1) is 6.61 Å². The predicted octanol–water partition coefficient (Wildman–Crippen LogP) is 3.75. The fraction of sp³-hybridized carbons (Fsp3) is 0.500. The second-order valence-electron chi connectivity index (χ2n) is 3.39. The minimum absolute atomic E-state index is 0.196. The van der Waals surface area contributed by atoms with Gasteiger partial charge in [0, 0.05) is 18.1 Å². The monoisotopic (exact) mass is 230 g/mol. The summed E-state index contributed by atoms with van der Waals surface area (Å²) in [7, 11) is 0. The largest absolute Gasteiger partial charge is 0.377 e. The zero-order valence-corrected chi connectivity index (χ0v) is 9.47. The highest BCUT2D eigenvalue weighted by molar-refractivity contribution is 6.17.